The Kier molecular flexibility index (Phi) is 2.62. The monoisotopic (exact) mass is 278 g/mol. The first-order valence-electron chi connectivity index (χ1n) is 6.98. The molecular formula is C15H18O5. The number of hydrogen-bond acceptors (Lipinski definition) is 4. The smallest absolute Gasteiger partial charge is 0.335 e. The van der Waals surface area contributed by atoms with E-state index in [1.54, 1.807) is 6.92 Å². The van der Waals surface area contributed by atoms with Gasteiger partial charge in [0.25, 0.3) is 0 Å². The summed E-state index contributed by atoms with van der Waals surface area (Å²) in [6.45, 7) is 3.68. The van der Waals surface area contributed by atoms with Crippen LogP contribution in [0.1, 0.15) is 39.5 Å². The van der Waals surface area contributed by atoms with Gasteiger partial charge in [-0.25, -0.2) is 4.79 Å². The third-order valence-electron chi connectivity index (χ3n) is 5.57. The summed E-state index contributed by atoms with van der Waals surface area (Å²) in [5.74, 6) is -1.77. The molecule has 0 radical (unpaired) electrons. The van der Waals surface area contributed by atoms with Crippen LogP contribution in [0.25, 0.3) is 0 Å². The minimum Gasteiger partial charge on any atom is -0.481 e. The zero-order chi connectivity index (χ0) is 14.7. The van der Waals surface area contributed by atoms with Crippen LogP contribution in [0.15, 0.2) is 11.1 Å². The minimum absolute atomic E-state index is 0.0547. The van der Waals surface area contributed by atoms with Crippen LogP contribution in [0.3, 0.4) is 0 Å². The van der Waals surface area contributed by atoms with Gasteiger partial charge in [0.15, 0.2) is 5.78 Å². The van der Waals surface area contributed by atoms with Crippen molar-refractivity contribution >= 4 is 17.7 Å². The average Bonchev–Trinajstić information content (AvgIpc) is 2.76. The topological polar surface area (TPSA) is 80.7 Å². The first-order valence-corrected chi connectivity index (χ1v) is 6.98. The van der Waals surface area contributed by atoms with Crippen LogP contribution in [0, 0.1) is 16.7 Å². The number of carbonyl (C=O) groups excluding carboxylic acids is 2. The van der Waals surface area contributed by atoms with Gasteiger partial charge in [-0.2, -0.15) is 0 Å². The van der Waals surface area contributed by atoms with Crippen LogP contribution in [-0.2, 0) is 19.1 Å². The van der Waals surface area contributed by atoms with Gasteiger partial charge >= 0.3 is 11.9 Å². The van der Waals surface area contributed by atoms with Crippen LogP contribution in [0.4, 0.5) is 0 Å². The van der Waals surface area contributed by atoms with Crippen LogP contribution >= 0.6 is 0 Å². The van der Waals surface area contributed by atoms with Crippen molar-refractivity contribution in [3.63, 3.8) is 0 Å². The van der Waals surface area contributed by atoms with Crippen LogP contribution < -0.4 is 0 Å². The summed E-state index contributed by atoms with van der Waals surface area (Å²) < 4.78 is 5.03. The molecule has 3 aliphatic rings. The Morgan fingerprint density at radius 3 is 2.65 bits per heavy atom. The number of cyclic esters (lactones) is 1. The standard InChI is InChI=1S/C15H18O5/c1-14-4-3-5-15(2,13(18)19)10(14)6-9(16)8-7-20-12(17)11(8)14/h10H,3-7H2,1-2H3,(H,18,19)/t10-,14+,15-/m1/s1. The maximum atomic E-state index is 12.2. The minimum atomic E-state index is -0.954. The number of esters is 1. The molecule has 3 atom stereocenters. The molecule has 1 heterocycles. The molecule has 0 aromatic heterocycles. The summed E-state index contributed by atoms with van der Waals surface area (Å²) in [4.78, 5) is 36.0. The Balaban J connectivity index is 2.16. The lowest BCUT2D eigenvalue weighted by Gasteiger charge is -2.51. The van der Waals surface area contributed by atoms with Gasteiger partial charge in [0, 0.05) is 17.4 Å². The lowest BCUT2D eigenvalue weighted by molar-refractivity contribution is -0.160. The molecule has 0 bridgehead atoms. The molecule has 3 rings (SSSR count). The molecule has 1 saturated carbocycles. The Morgan fingerprint density at radius 2 is 2.00 bits per heavy atom. The molecule has 1 N–H and O–H groups in total. The number of carboxylic acid groups (broad SMARTS) is 1. The highest BCUT2D eigenvalue weighted by Gasteiger charge is 2.60. The molecule has 0 aromatic carbocycles. The molecule has 0 saturated heterocycles. The van der Waals surface area contributed by atoms with Crippen molar-refractivity contribution in [1.29, 1.82) is 0 Å². The number of rotatable bonds is 1. The predicted octanol–water partition coefficient (Wildman–Crippen LogP) is 1.71. The first kappa shape index (κ1) is 13.3. The van der Waals surface area contributed by atoms with Crippen molar-refractivity contribution in [3.05, 3.63) is 11.1 Å². The zero-order valence-electron chi connectivity index (χ0n) is 11.7. The molecule has 0 unspecified atom stereocenters. The van der Waals surface area contributed by atoms with Gasteiger partial charge < -0.3 is 9.84 Å². The van der Waals surface area contributed by atoms with E-state index in [0.717, 1.165) is 12.8 Å². The SMILES string of the molecule is C[C@@]1(C(=O)O)CCC[C@]2(C)C3=C(COC3=O)C(=O)C[C@@H]12. The maximum absolute atomic E-state index is 12.2. The number of carboxylic acids is 1. The predicted molar refractivity (Wildman–Crippen MR) is 68.8 cm³/mol. The Hall–Kier alpha value is -1.65. The quantitative estimate of drug-likeness (QED) is 0.738. The number of Topliss-reactive ketones (excluding diaryl/α,β-unsaturated/α-hetero) is 1. The fraction of sp³-hybridized carbons (Fsp3) is 0.667. The Bertz CT molecular complexity index is 561. The molecule has 0 spiro atoms. The third kappa shape index (κ3) is 1.46. The van der Waals surface area contributed by atoms with E-state index in [4.69, 9.17) is 4.74 Å². The van der Waals surface area contributed by atoms with E-state index < -0.39 is 22.8 Å². The summed E-state index contributed by atoms with van der Waals surface area (Å²) in [7, 11) is 0. The largest absolute Gasteiger partial charge is 0.481 e. The zero-order valence-corrected chi connectivity index (χ0v) is 11.7. The van der Waals surface area contributed by atoms with Gasteiger partial charge in [-0.15, -0.1) is 0 Å². The van der Waals surface area contributed by atoms with Crippen molar-refractivity contribution < 1.29 is 24.2 Å². The van der Waals surface area contributed by atoms with Crippen molar-refractivity contribution in [2.45, 2.75) is 39.5 Å². The van der Waals surface area contributed by atoms with Crippen LogP contribution in [0.2, 0.25) is 0 Å². The van der Waals surface area contributed by atoms with Gasteiger partial charge in [-0.1, -0.05) is 13.3 Å². The van der Waals surface area contributed by atoms with Crippen molar-refractivity contribution in [3.8, 4) is 0 Å². The van der Waals surface area contributed by atoms with E-state index in [-0.39, 0.29) is 24.7 Å². The normalized spacial score (nSPS) is 40.2. The van der Waals surface area contributed by atoms with Crippen molar-refractivity contribution in [1.82, 2.24) is 0 Å². The molecule has 2 aliphatic carbocycles. The van der Waals surface area contributed by atoms with Gasteiger partial charge in [-0.3, -0.25) is 9.59 Å². The number of hydrogen-bond donors (Lipinski definition) is 1. The molecular weight excluding hydrogens is 260 g/mol. The van der Waals surface area contributed by atoms with Gasteiger partial charge in [0.2, 0.25) is 0 Å². The summed E-state index contributed by atoms with van der Waals surface area (Å²) in [6, 6.07) is 0. The highest BCUT2D eigenvalue weighted by atomic mass is 16.5. The van der Waals surface area contributed by atoms with E-state index in [0.29, 0.717) is 17.6 Å². The van der Waals surface area contributed by atoms with E-state index in [1.165, 1.54) is 0 Å². The molecule has 0 amide bonds. The van der Waals surface area contributed by atoms with E-state index >= 15 is 0 Å². The second-order valence-electron chi connectivity index (χ2n) is 6.60. The molecule has 5 heteroatoms. The summed E-state index contributed by atoms with van der Waals surface area (Å²) >= 11 is 0. The molecule has 108 valence electrons. The molecule has 5 nitrogen and oxygen atoms in total. The fourth-order valence-corrected chi connectivity index (χ4v) is 4.39. The van der Waals surface area contributed by atoms with E-state index in [9.17, 15) is 19.5 Å². The number of carbonyl (C=O) groups is 3. The van der Waals surface area contributed by atoms with Crippen LogP contribution in [-0.4, -0.2) is 29.4 Å². The third-order valence-corrected chi connectivity index (χ3v) is 5.57. The number of ether oxygens (including phenoxy) is 1. The lowest BCUT2D eigenvalue weighted by Crippen LogP contribution is -2.52. The number of ketones is 1. The first-order chi connectivity index (χ1) is 9.30. The van der Waals surface area contributed by atoms with Gasteiger partial charge in [0.05, 0.1) is 11.0 Å². The Labute approximate surface area is 117 Å². The Morgan fingerprint density at radius 1 is 1.30 bits per heavy atom. The maximum Gasteiger partial charge on any atom is 0.335 e. The van der Waals surface area contributed by atoms with Crippen LogP contribution in [0.5, 0.6) is 0 Å². The highest BCUT2D eigenvalue weighted by Crippen LogP contribution is 2.60. The van der Waals surface area contributed by atoms with E-state index in [1.807, 2.05) is 6.92 Å². The average molecular weight is 278 g/mol. The highest BCUT2D eigenvalue weighted by molar-refractivity contribution is 6.09. The summed E-state index contributed by atoms with van der Waals surface area (Å²) in [5.41, 5.74) is -0.582. The second-order valence-corrected chi connectivity index (χ2v) is 6.60. The van der Waals surface area contributed by atoms with Gasteiger partial charge in [-0.05, 0) is 25.7 Å². The second kappa shape index (κ2) is 3.93. The summed E-state index contributed by atoms with van der Waals surface area (Å²) in [5, 5.41) is 9.60. The number of aliphatic carboxylic acids is 1. The molecule has 20 heavy (non-hydrogen) atoms. The van der Waals surface area contributed by atoms with E-state index in [2.05, 4.69) is 0 Å². The molecule has 0 aromatic rings. The van der Waals surface area contributed by atoms with Crippen molar-refractivity contribution in [2.75, 3.05) is 6.61 Å². The molecule has 1 fully saturated rings. The van der Waals surface area contributed by atoms with Gasteiger partial charge in [0.1, 0.15) is 6.61 Å². The fourth-order valence-electron chi connectivity index (χ4n) is 4.39. The lowest BCUT2D eigenvalue weighted by atomic mass is 9.49. The molecule has 1 aliphatic heterocycles. The van der Waals surface area contributed by atoms with Crippen molar-refractivity contribution in [2.24, 2.45) is 16.7 Å². The summed E-state index contributed by atoms with van der Waals surface area (Å²) in [6.07, 6.45) is 2.23. The number of fused-ring (bicyclic) bond motifs is 2.